The molecular weight excluding hydrogens is 1840 g/mol. The summed E-state index contributed by atoms with van der Waals surface area (Å²) < 4.78 is 58.3. The lowest BCUT2D eigenvalue weighted by molar-refractivity contribution is -0.385. The van der Waals surface area contributed by atoms with E-state index in [4.69, 9.17) is 14.6 Å². The molecule has 33 nitrogen and oxygen atoms in total. The highest BCUT2D eigenvalue weighted by atomic mass is 19.1. The molecule has 2 aliphatic rings. The minimum absolute atomic E-state index is 0.0440. The number of phenols is 1. The number of aryl methyl sites for hydroxylation is 1. The van der Waals surface area contributed by atoms with Crippen LogP contribution in [0.15, 0.2) is 286 Å². The molecule has 0 bridgehead atoms. The van der Waals surface area contributed by atoms with Crippen molar-refractivity contribution in [2.45, 2.75) is 26.2 Å². The Morgan fingerprint density at radius 3 is 1.06 bits per heavy atom. The lowest BCUT2D eigenvalue weighted by Gasteiger charge is -2.17. The molecular formula is C104H114F5N17O16. The van der Waals surface area contributed by atoms with Gasteiger partial charge in [0, 0.05) is 125 Å². The zero-order valence-electron chi connectivity index (χ0n) is 79.9. The quantitative estimate of drug-likeness (QED) is 0.00654. The van der Waals surface area contributed by atoms with E-state index in [1.165, 1.54) is 73.8 Å². The standard InChI is InChI=1S/C22H24N4O2.C20H21N3O4.C20H19N3O3.C19H19N3O2.C18H16N4O5.5CH3F/c1-23-21(27)12-9-17-5-4-6-19(15-17)22(28)25-24-16-18-7-10-20(11-8-18)26-13-2-3-14-26;1-21-19(25)9-8-15-4-2-6-17(12-15)20(26)23-22-14-16-5-3-7-18(13-16)27-11-10-24;1-21-19(24)8-6-14-3-2-4-17(11-14)20(25)23-22-13-15-5-7-16-9-10-26-18(16)12-15;1-14-6-8-16(9-7-14)13-21-22-19(24)17-5-3-4-15(12-17)10-11-18(23)20-2;1-19-17(24)8-5-12-3-2-4-13(9-12)18(25)21-20-11-14-10-15(23)6-7-16(14)22(26)27;5*1-2/h4-12,15-16H,2-3,13-14H2,1H3,(H,23,27)(H,25,28);2-9,12-14,24H,10-11H2,1H3,(H,21,25)(H,23,26);2-8,11-13H,9-10H2,1H3,(H,21,24)(H,23,25);3-13H,1-2H3,(H,20,23)(H,22,24);2-11,23H,1H3,(H,19,24)(H,21,25);5*1H3/b12-9+,24-16+;9-8+,22-14+;8-6+,22-13+;11-10+,21-13+;8-5+,20-11+;;;;;. The lowest BCUT2D eigenvalue weighted by atomic mass is 10.1. The average Bonchev–Trinajstić information content (AvgIpc) is 1.65. The van der Waals surface area contributed by atoms with E-state index in [9.17, 15) is 85.1 Å². The molecule has 0 atom stereocenters. The lowest BCUT2D eigenvalue weighted by Crippen LogP contribution is -2.18. The topological polar surface area (TPSA) is 458 Å². The number of hydrazone groups is 5. The number of nitrogens with one attached hydrogen (secondary N) is 10. The number of hydrogen-bond acceptors (Lipinski definition) is 22. The molecule has 2 aliphatic heterocycles. The second-order valence-corrected chi connectivity index (χ2v) is 28.2. The van der Waals surface area contributed by atoms with Crippen molar-refractivity contribution in [3.8, 4) is 17.2 Å². The summed E-state index contributed by atoms with van der Waals surface area (Å²) in [7, 11) is 10.2. The molecule has 38 heteroatoms. The summed E-state index contributed by atoms with van der Waals surface area (Å²) in [6, 6.07) is 66.6. The van der Waals surface area contributed by atoms with Gasteiger partial charge in [0.2, 0.25) is 29.5 Å². The highest BCUT2D eigenvalue weighted by molar-refractivity contribution is 6.01. The van der Waals surface area contributed by atoms with E-state index in [0.29, 0.717) is 76.1 Å². The number of nitrogens with zero attached hydrogens (tertiary/aromatic N) is 7. The summed E-state index contributed by atoms with van der Waals surface area (Å²) >= 11 is 0. The molecule has 142 heavy (non-hydrogen) atoms. The van der Waals surface area contributed by atoms with Gasteiger partial charge in [-0.3, -0.25) is 80.0 Å². The van der Waals surface area contributed by atoms with Gasteiger partial charge in [-0.25, -0.2) is 27.1 Å². The zero-order valence-corrected chi connectivity index (χ0v) is 79.9. The fourth-order valence-electron chi connectivity index (χ4n) is 11.7. The summed E-state index contributed by atoms with van der Waals surface area (Å²) in [6.45, 7) is 5.08. The van der Waals surface area contributed by atoms with Crippen LogP contribution in [0.4, 0.5) is 33.3 Å². The van der Waals surface area contributed by atoms with E-state index in [-0.39, 0.29) is 88.9 Å². The number of likely N-dealkylation sites (N-methyl/N-ethyl adjacent to an activating group) is 5. The molecule has 10 amide bonds. The maximum Gasteiger partial charge on any atom is 0.278 e. The van der Waals surface area contributed by atoms with Gasteiger partial charge in [-0.2, -0.15) is 25.5 Å². The number of aliphatic hydroxyl groups is 1. The van der Waals surface area contributed by atoms with Crippen LogP contribution in [-0.2, 0) is 30.4 Å². The number of aromatic hydroxyl groups is 1. The van der Waals surface area contributed by atoms with Crippen molar-refractivity contribution < 1.29 is 94.5 Å². The number of fused-ring (bicyclic) bond motifs is 1. The summed E-state index contributed by atoms with van der Waals surface area (Å²) in [4.78, 5) is 130. The van der Waals surface area contributed by atoms with Crippen LogP contribution in [0, 0.1) is 17.0 Å². The summed E-state index contributed by atoms with van der Waals surface area (Å²) in [5, 5.41) is 61.2. The van der Waals surface area contributed by atoms with Crippen LogP contribution in [0.5, 0.6) is 17.2 Å². The Labute approximate surface area is 819 Å². The van der Waals surface area contributed by atoms with Gasteiger partial charge in [0.05, 0.1) is 90.7 Å². The van der Waals surface area contributed by atoms with Gasteiger partial charge >= 0.3 is 0 Å². The number of amides is 10. The predicted octanol–water partition coefficient (Wildman–Crippen LogP) is 13.8. The monoisotopic (exact) mass is 1950 g/mol. The van der Waals surface area contributed by atoms with Crippen molar-refractivity contribution in [1.82, 2.24) is 53.7 Å². The van der Waals surface area contributed by atoms with Crippen LogP contribution in [-0.4, -0.2) is 209 Å². The molecule has 2 heterocycles. The Morgan fingerprint density at radius 1 is 0.394 bits per heavy atom. The van der Waals surface area contributed by atoms with Gasteiger partial charge in [-0.15, -0.1) is 0 Å². The van der Waals surface area contributed by atoms with Crippen LogP contribution in [0.25, 0.3) is 30.4 Å². The summed E-state index contributed by atoms with van der Waals surface area (Å²) in [5.74, 6) is -1.64. The molecule has 1 saturated heterocycles. The third kappa shape index (κ3) is 45.7. The molecule has 10 aromatic rings. The molecule has 12 rings (SSSR count). The maximum atomic E-state index is 12.3. The van der Waals surface area contributed by atoms with E-state index in [2.05, 4.69) is 96.3 Å². The first kappa shape index (κ1) is 118. The molecule has 1 fully saturated rings. The van der Waals surface area contributed by atoms with E-state index in [1.807, 2.05) is 85.8 Å². The smallest absolute Gasteiger partial charge is 0.278 e. The van der Waals surface area contributed by atoms with Gasteiger partial charge < -0.3 is 51.2 Å². The van der Waals surface area contributed by atoms with E-state index in [1.54, 1.807) is 199 Å². The van der Waals surface area contributed by atoms with Gasteiger partial charge in [-0.1, -0.05) is 127 Å². The van der Waals surface area contributed by atoms with Gasteiger partial charge in [-0.05, 0) is 209 Å². The van der Waals surface area contributed by atoms with Gasteiger partial charge in [0.1, 0.15) is 23.9 Å². The predicted molar refractivity (Wildman–Crippen MR) is 547 cm³/mol. The fourth-order valence-corrected chi connectivity index (χ4v) is 11.7. The van der Waals surface area contributed by atoms with E-state index in [0.717, 1.165) is 93.7 Å². The Kier molecular flexibility index (Phi) is 58.2. The number of nitro benzene ring substituents is 1. The minimum Gasteiger partial charge on any atom is -0.508 e. The van der Waals surface area contributed by atoms with Crippen LogP contribution >= 0.6 is 0 Å². The van der Waals surface area contributed by atoms with Crippen molar-refractivity contribution in [3.63, 3.8) is 0 Å². The first-order chi connectivity index (χ1) is 68.9. The third-order valence-electron chi connectivity index (χ3n) is 18.6. The van der Waals surface area contributed by atoms with Crippen LogP contribution in [0.2, 0.25) is 0 Å². The molecule has 746 valence electrons. The molecule has 0 aliphatic carbocycles. The number of carbonyl (C=O) groups excluding carboxylic acids is 10. The SMILES string of the molecule is CF.CF.CF.CF.CF.CNC(=O)/C=C/c1cccc(C(=O)N/N=C/c2cc(O)ccc2[N+](=O)[O-])c1.CNC(=O)/C=C/c1cccc(C(=O)N/N=C/c2ccc(C)cc2)c1.CNC(=O)/C=C/c1cccc(C(=O)N/N=C/c2ccc(N3CCCC3)cc2)c1.CNC(=O)/C=C/c1cccc(C(=O)N/N=C/c2ccc3c(c2)OCC3)c1.CNC(=O)/C=C/c1cccc(C(=O)N/N=C/c2cccc(OCCO)c2)c1. The number of phenolic OH excluding ortho intramolecular Hbond substituents is 1. The molecule has 12 N–H and O–H groups in total. The van der Waals surface area contributed by atoms with Crippen molar-refractivity contribution in [2.24, 2.45) is 25.5 Å². The second-order valence-electron chi connectivity index (χ2n) is 28.2. The van der Waals surface area contributed by atoms with Gasteiger partial charge in [0.15, 0.2) is 0 Å². The molecule has 0 radical (unpaired) electrons. The molecule has 0 aromatic heterocycles. The summed E-state index contributed by atoms with van der Waals surface area (Å²) in [6.07, 6.45) is 25.9. The number of benzene rings is 10. The summed E-state index contributed by atoms with van der Waals surface area (Å²) in [5.41, 5.74) is 24.8. The van der Waals surface area contributed by atoms with Crippen LogP contribution in [0.3, 0.4) is 0 Å². The van der Waals surface area contributed by atoms with E-state index >= 15 is 0 Å². The normalized spacial score (nSPS) is 11.3. The second kappa shape index (κ2) is 69.9. The van der Waals surface area contributed by atoms with E-state index < -0.39 is 10.8 Å². The highest BCUT2D eigenvalue weighted by Crippen LogP contribution is 2.27. The number of rotatable bonds is 30. The zero-order chi connectivity index (χ0) is 105. The van der Waals surface area contributed by atoms with Crippen molar-refractivity contribution in [1.29, 1.82) is 0 Å². The number of aliphatic hydroxyl groups excluding tert-OH is 1. The largest absolute Gasteiger partial charge is 0.508 e. The molecule has 0 unspecified atom stereocenters. The molecule has 0 spiro atoms. The number of nitro groups is 1. The number of ether oxygens (including phenoxy) is 2. The average molecular weight is 1950 g/mol. The Morgan fingerprint density at radius 2 is 0.711 bits per heavy atom. The number of halogens is 5. The van der Waals surface area contributed by atoms with Gasteiger partial charge in [0.25, 0.3) is 35.2 Å². The Bertz CT molecular complexity index is 6050. The molecule has 10 aromatic carbocycles. The Hall–Kier alpha value is -17.8. The maximum absolute atomic E-state index is 12.3. The van der Waals surface area contributed by atoms with Crippen LogP contribution < -0.4 is 68.1 Å². The minimum atomic E-state index is -0.620. The first-order valence-corrected chi connectivity index (χ1v) is 43.0. The fraction of sp³-hybridized carbons (Fsp3) is 0.183. The van der Waals surface area contributed by atoms with Crippen LogP contribution in [0.1, 0.15) is 131 Å². The Balaban J connectivity index is 0.000000446. The third-order valence-corrected chi connectivity index (χ3v) is 18.6. The van der Waals surface area contributed by atoms with Crippen molar-refractivity contribution >= 4 is 132 Å². The van der Waals surface area contributed by atoms with Crippen molar-refractivity contribution in [3.05, 3.63) is 366 Å². The highest BCUT2D eigenvalue weighted by Gasteiger charge is 2.17. The first-order valence-electron chi connectivity index (χ1n) is 43.0. The molecule has 0 saturated carbocycles. The number of hydrogen-bond donors (Lipinski definition) is 12. The number of alkyl halides is 5. The number of anilines is 1. The number of carbonyl (C=O) groups is 10. The van der Waals surface area contributed by atoms with Crippen molar-refractivity contribution in [2.75, 3.05) is 109 Å².